The third-order valence-corrected chi connectivity index (χ3v) is 3.08. The number of carbonyl (C=O) groups is 1. The van der Waals surface area contributed by atoms with Crippen molar-refractivity contribution >= 4 is 11.7 Å². The number of morpholine rings is 1. The molecular weight excluding hydrogens is 246 g/mol. The minimum Gasteiger partial charge on any atom is -0.409 e. The van der Waals surface area contributed by atoms with Crippen molar-refractivity contribution in [1.29, 1.82) is 0 Å². The molecule has 19 heavy (non-hydrogen) atoms. The molecule has 1 aliphatic heterocycles. The maximum Gasteiger partial charge on any atom is 0.227 e. The number of ether oxygens (including phenoxy) is 1. The molecular formula is C13H17N3O3. The predicted molar refractivity (Wildman–Crippen MR) is 70.1 cm³/mol. The molecule has 0 bridgehead atoms. The zero-order valence-corrected chi connectivity index (χ0v) is 10.6. The summed E-state index contributed by atoms with van der Waals surface area (Å²) < 4.78 is 5.21. The van der Waals surface area contributed by atoms with Gasteiger partial charge in [-0.15, -0.1) is 0 Å². The van der Waals surface area contributed by atoms with Gasteiger partial charge in [-0.25, -0.2) is 0 Å². The van der Waals surface area contributed by atoms with E-state index in [-0.39, 0.29) is 11.7 Å². The fourth-order valence-corrected chi connectivity index (χ4v) is 1.95. The molecule has 1 fully saturated rings. The molecule has 1 aromatic rings. The Kier molecular flexibility index (Phi) is 4.35. The van der Waals surface area contributed by atoms with Crippen LogP contribution in [0.1, 0.15) is 11.1 Å². The summed E-state index contributed by atoms with van der Waals surface area (Å²) >= 11 is 0. The first-order chi connectivity index (χ1) is 9.20. The SMILES string of the molecule is N/C(=N/O)c1ccc(CC(=O)N2CCOCC2)cc1. The van der Waals surface area contributed by atoms with Gasteiger partial charge in [0, 0.05) is 18.7 Å². The highest BCUT2D eigenvalue weighted by Crippen LogP contribution is 2.08. The number of amides is 1. The van der Waals surface area contributed by atoms with E-state index >= 15 is 0 Å². The standard InChI is InChI=1S/C13H17N3O3/c14-13(15-18)11-3-1-10(2-4-11)9-12(17)16-5-7-19-8-6-16/h1-4,18H,5-9H2,(H2,14,15). The fraction of sp³-hybridized carbons (Fsp3) is 0.385. The van der Waals surface area contributed by atoms with E-state index in [0.717, 1.165) is 5.56 Å². The first-order valence-corrected chi connectivity index (χ1v) is 6.13. The van der Waals surface area contributed by atoms with E-state index in [2.05, 4.69) is 5.16 Å². The van der Waals surface area contributed by atoms with Crippen LogP contribution in [-0.4, -0.2) is 48.2 Å². The van der Waals surface area contributed by atoms with Crippen molar-refractivity contribution in [2.24, 2.45) is 10.9 Å². The Hall–Kier alpha value is -2.08. The lowest BCUT2D eigenvalue weighted by atomic mass is 10.1. The number of amidine groups is 1. The smallest absolute Gasteiger partial charge is 0.227 e. The van der Waals surface area contributed by atoms with Gasteiger partial charge in [-0.3, -0.25) is 4.79 Å². The highest BCUT2D eigenvalue weighted by molar-refractivity contribution is 5.97. The minimum absolute atomic E-state index is 0.0612. The van der Waals surface area contributed by atoms with Gasteiger partial charge in [0.2, 0.25) is 5.91 Å². The van der Waals surface area contributed by atoms with Crippen LogP contribution in [-0.2, 0) is 16.0 Å². The van der Waals surface area contributed by atoms with Crippen molar-refractivity contribution in [2.75, 3.05) is 26.3 Å². The molecule has 0 saturated carbocycles. The summed E-state index contributed by atoms with van der Waals surface area (Å²) in [5, 5.41) is 11.5. The number of benzene rings is 1. The summed E-state index contributed by atoms with van der Waals surface area (Å²) in [5.74, 6) is 0.158. The van der Waals surface area contributed by atoms with E-state index in [1.165, 1.54) is 0 Å². The average molecular weight is 263 g/mol. The van der Waals surface area contributed by atoms with Crippen molar-refractivity contribution in [1.82, 2.24) is 4.90 Å². The summed E-state index contributed by atoms with van der Waals surface area (Å²) in [4.78, 5) is 13.8. The van der Waals surface area contributed by atoms with Gasteiger partial charge in [0.25, 0.3) is 0 Å². The molecule has 102 valence electrons. The summed E-state index contributed by atoms with van der Waals surface area (Å²) in [7, 11) is 0. The largest absolute Gasteiger partial charge is 0.409 e. The number of carbonyl (C=O) groups excluding carboxylic acids is 1. The second-order valence-corrected chi connectivity index (χ2v) is 4.35. The van der Waals surface area contributed by atoms with Gasteiger partial charge < -0.3 is 20.6 Å². The third kappa shape index (κ3) is 3.45. The number of oxime groups is 1. The maximum atomic E-state index is 12.0. The highest BCUT2D eigenvalue weighted by Gasteiger charge is 2.16. The van der Waals surface area contributed by atoms with Crippen LogP contribution in [0.2, 0.25) is 0 Å². The Balaban J connectivity index is 1.97. The van der Waals surface area contributed by atoms with Crippen LogP contribution in [0, 0.1) is 0 Å². The molecule has 1 aromatic carbocycles. The maximum absolute atomic E-state index is 12.0. The molecule has 6 heteroatoms. The zero-order valence-electron chi connectivity index (χ0n) is 10.6. The van der Waals surface area contributed by atoms with Gasteiger partial charge in [-0.2, -0.15) is 0 Å². The first kappa shape index (κ1) is 13.4. The Labute approximate surface area is 111 Å². The van der Waals surface area contributed by atoms with Gasteiger partial charge in [0.1, 0.15) is 0 Å². The number of nitrogens with two attached hydrogens (primary N) is 1. The summed E-state index contributed by atoms with van der Waals surface area (Å²) in [6.07, 6.45) is 0.358. The second kappa shape index (κ2) is 6.19. The lowest BCUT2D eigenvalue weighted by Gasteiger charge is -2.26. The van der Waals surface area contributed by atoms with Gasteiger partial charge in [0.15, 0.2) is 5.84 Å². The molecule has 2 rings (SSSR count). The van der Waals surface area contributed by atoms with Gasteiger partial charge >= 0.3 is 0 Å². The van der Waals surface area contributed by atoms with E-state index in [1.807, 2.05) is 12.1 Å². The molecule has 3 N–H and O–H groups in total. The molecule has 0 spiro atoms. The Morgan fingerprint density at radius 2 is 1.95 bits per heavy atom. The van der Waals surface area contributed by atoms with Gasteiger partial charge in [-0.05, 0) is 5.56 Å². The fourth-order valence-electron chi connectivity index (χ4n) is 1.95. The van der Waals surface area contributed by atoms with Gasteiger partial charge in [-0.1, -0.05) is 29.4 Å². The summed E-state index contributed by atoms with van der Waals surface area (Å²) in [6.45, 7) is 2.52. The van der Waals surface area contributed by atoms with Crippen LogP contribution in [0.25, 0.3) is 0 Å². The summed E-state index contributed by atoms with van der Waals surface area (Å²) in [5.41, 5.74) is 7.01. The van der Waals surface area contributed by atoms with E-state index in [4.69, 9.17) is 15.7 Å². The van der Waals surface area contributed by atoms with Crippen molar-refractivity contribution in [3.05, 3.63) is 35.4 Å². The second-order valence-electron chi connectivity index (χ2n) is 4.35. The number of hydrogen-bond donors (Lipinski definition) is 2. The average Bonchev–Trinajstić information content (AvgIpc) is 2.48. The number of nitrogens with zero attached hydrogens (tertiary/aromatic N) is 2. The minimum atomic E-state index is 0.0612. The van der Waals surface area contributed by atoms with Crippen LogP contribution >= 0.6 is 0 Å². The van der Waals surface area contributed by atoms with E-state index < -0.39 is 0 Å². The summed E-state index contributed by atoms with van der Waals surface area (Å²) in [6, 6.07) is 7.09. The first-order valence-electron chi connectivity index (χ1n) is 6.13. The molecule has 0 unspecified atom stereocenters. The molecule has 1 amide bonds. The van der Waals surface area contributed by atoms with Gasteiger partial charge in [0.05, 0.1) is 19.6 Å². The van der Waals surface area contributed by atoms with Crippen LogP contribution in [0.5, 0.6) is 0 Å². The third-order valence-electron chi connectivity index (χ3n) is 3.08. The topological polar surface area (TPSA) is 88.2 Å². The van der Waals surface area contributed by atoms with E-state index in [1.54, 1.807) is 17.0 Å². The van der Waals surface area contributed by atoms with Crippen LogP contribution in [0.3, 0.4) is 0 Å². The Morgan fingerprint density at radius 1 is 1.32 bits per heavy atom. The quantitative estimate of drug-likeness (QED) is 0.352. The lowest BCUT2D eigenvalue weighted by Crippen LogP contribution is -2.41. The highest BCUT2D eigenvalue weighted by atomic mass is 16.5. The Bertz CT molecular complexity index is 465. The number of hydrogen-bond acceptors (Lipinski definition) is 4. The zero-order chi connectivity index (χ0) is 13.7. The van der Waals surface area contributed by atoms with E-state index in [9.17, 15) is 4.79 Å². The molecule has 1 aliphatic rings. The van der Waals surface area contributed by atoms with Crippen LogP contribution in [0.15, 0.2) is 29.4 Å². The Morgan fingerprint density at radius 3 is 2.53 bits per heavy atom. The van der Waals surface area contributed by atoms with Crippen molar-refractivity contribution in [3.8, 4) is 0 Å². The van der Waals surface area contributed by atoms with Crippen LogP contribution in [0.4, 0.5) is 0 Å². The van der Waals surface area contributed by atoms with Crippen LogP contribution < -0.4 is 5.73 Å². The lowest BCUT2D eigenvalue weighted by molar-refractivity contribution is -0.134. The molecule has 1 heterocycles. The number of rotatable bonds is 3. The molecule has 0 atom stereocenters. The molecule has 1 saturated heterocycles. The molecule has 0 aliphatic carbocycles. The normalized spacial score (nSPS) is 16.4. The monoisotopic (exact) mass is 263 g/mol. The van der Waals surface area contributed by atoms with Crippen molar-refractivity contribution in [3.63, 3.8) is 0 Å². The van der Waals surface area contributed by atoms with E-state index in [0.29, 0.717) is 38.3 Å². The molecule has 0 aromatic heterocycles. The van der Waals surface area contributed by atoms with Crippen molar-refractivity contribution in [2.45, 2.75) is 6.42 Å². The predicted octanol–water partition coefficient (Wildman–Crippen LogP) is 0.182. The molecule has 0 radical (unpaired) electrons. The molecule has 6 nitrogen and oxygen atoms in total. The van der Waals surface area contributed by atoms with Crippen molar-refractivity contribution < 1.29 is 14.7 Å².